The van der Waals surface area contributed by atoms with Crippen LogP contribution in [0.3, 0.4) is 0 Å². The lowest BCUT2D eigenvalue weighted by Crippen LogP contribution is -2.32. The molecule has 1 aromatic rings. The van der Waals surface area contributed by atoms with Gasteiger partial charge in [0.1, 0.15) is 0 Å². The number of nitriles is 1. The molecule has 0 radical (unpaired) electrons. The van der Waals surface area contributed by atoms with Crippen LogP contribution in [0.4, 0.5) is 0 Å². The lowest BCUT2D eigenvalue weighted by atomic mass is 9.96. The van der Waals surface area contributed by atoms with Crippen molar-refractivity contribution in [2.75, 3.05) is 6.54 Å². The Morgan fingerprint density at radius 3 is 2.93 bits per heavy atom. The first-order valence-corrected chi connectivity index (χ1v) is 4.28. The van der Waals surface area contributed by atoms with E-state index in [1.165, 1.54) is 6.26 Å². The molecule has 0 unspecified atom stereocenters. The Kier molecular flexibility index (Phi) is 2.92. The van der Waals surface area contributed by atoms with Crippen LogP contribution in [0.15, 0.2) is 22.8 Å². The van der Waals surface area contributed by atoms with Crippen molar-refractivity contribution in [2.45, 2.75) is 13.8 Å². The molecule has 1 aromatic heterocycles. The van der Waals surface area contributed by atoms with Crippen LogP contribution in [0.25, 0.3) is 0 Å². The molecule has 0 aliphatic rings. The van der Waals surface area contributed by atoms with Gasteiger partial charge in [0, 0.05) is 6.54 Å². The fourth-order valence-corrected chi connectivity index (χ4v) is 0.836. The second kappa shape index (κ2) is 3.97. The van der Waals surface area contributed by atoms with Gasteiger partial charge in [-0.2, -0.15) is 5.26 Å². The van der Waals surface area contributed by atoms with Crippen LogP contribution in [-0.4, -0.2) is 12.5 Å². The monoisotopic (exact) mass is 192 g/mol. The van der Waals surface area contributed by atoms with Crippen LogP contribution in [0.1, 0.15) is 24.4 Å². The first kappa shape index (κ1) is 10.3. The van der Waals surface area contributed by atoms with Gasteiger partial charge >= 0.3 is 0 Å². The molecular formula is C10H12N2O2. The Labute approximate surface area is 82.5 Å². The summed E-state index contributed by atoms with van der Waals surface area (Å²) in [7, 11) is 0. The zero-order valence-corrected chi connectivity index (χ0v) is 8.20. The maximum atomic E-state index is 11.4. The van der Waals surface area contributed by atoms with E-state index in [1.54, 1.807) is 26.0 Å². The molecule has 0 atom stereocenters. The Morgan fingerprint density at radius 1 is 1.71 bits per heavy atom. The Hall–Kier alpha value is -1.76. The van der Waals surface area contributed by atoms with Crippen molar-refractivity contribution in [2.24, 2.45) is 5.41 Å². The fraction of sp³-hybridized carbons (Fsp3) is 0.400. The summed E-state index contributed by atoms with van der Waals surface area (Å²) in [5.41, 5.74) is -0.553. The van der Waals surface area contributed by atoms with Crippen molar-refractivity contribution in [3.63, 3.8) is 0 Å². The van der Waals surface area contributed by atoms with E-state index in [2.05, 4.69) is 11.4 Å². The molecule has 4 nitrogen and oxygen atoms in total. The van der Waals surface area contributed by atoms with Gasteiger partial charge in [-0.3, -0.25) is 4.79 Å². The Morgan fingerprint density at radius 2 is 2.43 bits per heavy atom. The summed E-state index contributed by atoms with van der Waals surface area (Å²) >= 11 is 0. The highest BCUT2D eigenvalue weighted by atomic mass is 16.3. The van der Waals surface area contributed by atoms with Crippen LogP contribution in [0.5, 0.6) is 0 Å². The van der Waals surface area contributed by atoms with Gasteiger partial charge in [0.2, 0.25) is 0 Å². The zero-order valence-electron chi connectivity index (χ0n) is 8.20. The largest absolute Gasteiger partial charge is 0.459 e. The van der Waals surface area contributed by atoms with Gasteiger partial charge in [0.15, 0.2) is 5.76 Å². The van der Waals surface area contributed by atoms with Crippen LogP contribution in [0.2, 0.25) is 0 Å². The van der Waals surface area contributed by atoms with Crippen LogP contribution in [-0.2, 0) is 0 Å². The zero-order chi connectivity index (χ0) is 10.6. The first-order chi connectivity index (χ1) is 6.55. The maximum Gasteiger partial charge on any atom is 0.287 e. The number of carbonyl (C=O) groups excluding carboxylic acids is 1. The summed E-state index contributed by atoms with van der Waals surface area (Å²) in [6, 6.07) is 5.32. The van der Waals surface area contributed by atoms with E-state index in [0.717, 1.165) is 0 Å². The van der Waals surface area contributed by atoms with Gasteiger partial charge in [-0.1, -0.05) is 0 Å². The van der Waals surface area contributed by atoms with Gasteiger partial charge < -0.3 is 9.73 Å². The van der Waals surface area contributed by atoms with Gasteiger partial charge in [-0.25, -0.2) is 0 Å². The topological polar surface area (TPSA) is 66.0 Å². The third-order valence-electron chi connectivity index (χ3n) is 1.74. The van der Waals surface area contributed by atoms with Crippen molar-refractivity contribution in [3.05, 3.63) is 24.2 Å². The molecular weight excluding hydrogens is 180 g/mol. The fourth-order valence-electron chi connectivity index (χ4n) is 0.836. The SMILES string of the molecule is CC(C)(C#N)CNC(=O)c1ccco1. The molecule has 14 heavy (non-hydrogen) atoms. The molecule has 74 valence electrons. The lowest BCUT2D eigenvalue weighted by molar-refractivity contribution is 0.0916. The second-order valence-corrected chi connectivity index (χ2v) is 3.66. The summed E-state index contributed by atoms with van der Waals surface area (Å²) in [4.78, 5) is 11.4. The van der Waals surface area contributed by atoms with E-state index in [9.17, 15) is 4.79 Å². The third kappa shape index (κ3) is 2.63. The number of nitrogens with one attached hydrogen (secondary N) is 1. The molecule has 0 aromatic carbocycles. The molecule has 0 saturated heterocycles. The molecule has 1 rings (SSSR count). The molecule has 0 aliphatic carbocycles. The summed E-state index contributed by atoms with van der Waals surface area (Å²) in [5, 5.41) is 11.3. The molecule has 4 heteroatoms. The van der Waals surface area contributed by atoms with Crippen LogP contribution in [0, 0.1) is 16.7 Å². The molecule has 0 aliphatic heterocycles. The highest BCUT2D eigenvalue weighted by Gasteiger charge is 2.18. The van der Waals surface area contributed by atoms with Crippen molar-refractivity contribution in [1.82, 2.24) is 5.32 Å². The number of amides is 1. The van der Waals surface area contributed by atoms with Gasteiger partial charge in [-0.15, -0.1) is 0 Å². The minimum absolute atomic E-state index is 0.263. The molecule has 1 N–H and O–H groups in total. The van der Waals surface area contributed by atoms with E-state index in [-0.39, 0.29) is 11.7 Å². The third-order valence-corrected chi connectivity index (χ3v) is 1.74. The predicted octanol–water partition coefficient (Wildman–Crippen LogP) is 1.56. The molecule has 1 heterocycles. The highest BCUT2D eigenvalue weighted by Crippen LogP contribution is 2.11. The second-order valence-electron chi connectivity index (χ2n) is 3.66. The van der Waals surface area contributed by atoms with Crippen LogP contribution < -0.4 is 5.32 Å². The van der Waals surface area contributed by atoms with Crippen molar-refractivity contribution in [1.29, 1.82) is 5.26 Å². The smallest absolute Gasteiger partial charge is 0.287 e. The number of nitrogens with zero attached hydrogens (tertiary/aromatic N) is 1. The number of hydrogen-bond donors (Lipinski definition) is 1. The van der Waals surface area contributed by atoms with E-state index in [4.69, 9.17) is 9.68 Å². The van der Waals surface area contributed by atoms with Gasteiger partial charge in [0.25, 0.3) is 5.91 Å². The van der Waals surface area contributed by atoms with Crippen LogP contribution >= 0.6 is 0 Å². The summed E-state index contributed by atoms with van der Waals surface area (Å²) in [6.45, 7) is 3.83. The molecule has 0 fully saturated rings. The standard InChI is InChI=1S/C10H12N2O2/c1-10(2,6-11)7-12-9(13)8-4-3-5-14-8/h3-5H,7H2,1-2H3,(H,12,13). The molecule has 1 amide bonds. The van der Waals surface area contributed by atoms with Crippen molar-refractivity contribution >= 4 is 5.91 Å². The van der Waals surface area contributed by atoms with E-state index in [1.807, 2.05) is 0 Å². The van der Waals surface area contributed by atoms with Gasteiger partial charge in [-0.05, 0) is 26.0 Å². The van der Waals surface area contributed by atoms with E-state index in [0.29, 0.717) is 6.54 Å². The first-order valence-electron chi connectivity index (χ1n) is 4.28. The van der Waals surface area contributed by atoms with Crippen molar-refractivity contribution < 1.29 is 9.21 Å². The Bertz CT molecular complexity index is 347. The minimum atomic E-state index is -0.553. The summed E-state index contributed by atoms with van der Waals surface area (Å²) in [6.07, 6.45) is 1.43. The number of furan rings is 1. The normalized spacial score (nSPS) is 10.6. The predicted molar refractivity (Wildman–Crippen MR) is 50.4 cm³/mol. The van der Waals surface area contributed by atoms with Gasteiger partial charge in [0.05, 0.1) is 17.7 Å². The highest BCUT2D eigenvalue weighted by molar-refractivity contribution is 5.91. The summed E-state index contributed by atoms with van der Waals surface area (Å²) in [5.74, 6) is -0.0305. The lowest BCUT2D eigenvalue weighted by Gasteiger charge is -2.14. The number of carbonyl (C=O) groups is 1. The molecule has 0 bridgehead atoms. The number of rotatable bonds is 3. The summed E-state index contributed by atoms with van der Waals surface area (Å²) < 4.78 is 4.90. The van der Waals surface area contributed by atoms with E-state index >= 15 is 0 Å². The average Bonchev–Trinajstić information content (AvgIpc) is 2.67. The quantitative estimate of drug-likeness (QED) is 0.790. The maximum absolute atomic E-state index is 11.4. The number of hydrogen-bond acceptors (Lipinski definition) is 3. The Balaban J connectivity index is 2.49. The van der Waals surface area contributed by atoms with E-state index < -0.39 is 5.41 Å². The molecule has 0 spiro atoms. The minimum Gasteiger partial charge on any atom is -0.459 e. The average molecular weight is 192 g/mol. The van der Waals surface area contributed by atoms with Crippen molar-refractivity contribution in [3.8, 4) is 6.07 Å². The molecule has 0 saturated carbocycles.